The predicted molar refractivity (Wildman–Crippen MR) is 57.4 cm³/mol. The van der Waals surface area contributed by atoms with Crippen LogP contribution in [0.25, 0.3) is 0 Å². The van der Waals surface area contributed by atoms with Crippen molar-refractivity contribution in [2.24, 2.45) is 0 Å². The molecule has 0 aromatic carbocycles. The van der Waals surface area contributed by atoms with Crippen molar-refractivity contribution in [3.05, 3.63) is 0 Å². The van der Waals surface area contributed by atoms with Crippen LogP contribution in [0.5, 0.6) is 0 Å². The first kappa shape index (κ1) is 13.9. The van der Waals surface area contributed by atoms with Crippen LogP contribution in [0.2, 0.25) is 0 Å². The van der Waals surface area contributed by atoms with Crippen molar-refractivity contribution in [2.45, 2.75) is 32.8 Å². The normalized spacial score (nSPS) is 10.1. The molecule has 0 aliphatic rings. The molecule has 2 N–H and O–H groups in total. The van der Waals surface area contributed by atoms with Crippen molar-refractivity contribution >= 4 is 11.9 Å². The lowest BCUT2D eigenvalue weighted by molar-refractivity contribution is -0.147. The van der Waals surface area contributed by atoms with Gasteiger partial charge in [0.25, 0.3) is 0 Å². The maximum Gasteiger partial charge on any atom is 0.307 e. The standard InChI is InChI=1S/C10H20N2O3/c1-8(2)15-10(14)5-7-12-9(13)4-6-11-3/h8,11H,4-7H2,1-3H3,(H,12,13). The maximum absolute atomic E-state index is 11.1. The Hall–Kier alpha value is -1.10. The first-order valence-electron chi connectivity index (χ1n) is 5.17. The molecule has 1 amide bonds. The highest BCUT2D eigenvalue weighted by Gasteiger charge is 2.06. The minimum absolute atomic E-state index is 0.0540. The highest BCUT2D eigenvalue weighted by Crippen LogP contribution is 1.92. The number of amides is 1. The Morgan fingerprint density at radius 3 is 2.40 bits per heavy atom. The van der Waals surface area contributed by atoms with E-state index in [0.717, 1.165) is 0 Å². The lowest BCUT2D eigenvalue weighted by Gasteiger charge is -2.08. The van der Waals surface area contributed by atoms with Crippen molar-refractivity contribution < 1.29 is 14.3 Å². The van der Waals surface area contributed by atoms with Crippen LogP contribution in [-0.4, -0.2) is 38.1 Å². The summed E-state index contributed by atoms with van der Waals surface area (Å²) in [5.74, 6) is -0.333. The van der Waals surface area contributed by atoms with E-state index < -0.39 is 0 Å². The zero-order chi connectivity index (χ0) is 11.7. The van der Waals surface area contributed by atoms with Crippen LogP contribution in [0.3, 0.4) is 0 Å². The van der Waals surface area contributed by atoms with Gasteiger partial charge in [0.1, 0.15) is 0 Å². The lowest BCUT2D eigenvalue weighted by atomic mass is 10.3. The van der Waals surface area contributed by atoms with Crippen LogP contribution in [-0.2, 0) is 14.3 Å². The molecule has 0 unspecified atom stereocenters. The number of esters is 1. The van der Waals surface area contributed by atoms with E-state index in [1.807, 2.05) is 0 Å². The molecular formula is C10H20N2O3. The fourth-order valence-corrected chi connectivity index (χ4v) is 0.953. The third-order valence-corrected chi connectivity index (χ3v) is 1.62. The lowest BCUT2D eigenvalue weighted by Crippen LogP contribution is -2.29. The molecule has 0 aromatic rings. The van der Waals surface area contributed by atoms with E-state index in [4.69, 9.17) is 4.74 Å². The second kappa shape index (κ2) is 8.23. The first-order chi connectivity index (χ1) is 7.06. The number of hydrogen-bond donors (Lipinski definition) is 2. The number of hydrogen-bond acceptors (Lipinski definition) is 4. The second-order valence-corrected chi connectivity index (χ2v) is 3.49. The summed E-state index contributed by atoms with van der Waals surface area (Å²) >= 11 is 0. The van der Waals surface area contributed by atoms with Gasteiger partial charge in [0.15, 0.2) is 0 Å². The Bertz CT molecular complexity index is 205. The quantitative estimate of drug-likeness (QED) is 0.590. The molecule has 0 fully saturated rings. The molecule has 0 rings (SSSR count). The Kier molecular flexibility index (Phi) is 7.62. The van der Waals surface area contributed by atoms with Crippen LogP contribution < -0.4 is 10.6 Å². The molecular weight excluding hydrogens is 196 g/mol. The Morgan fingerprint density at radius 2 is 1.87 bits per heavy atom. The molecule has 0 spiro atoms. The molecule has 0 aromatic heterocycles. The molecule has 0 radical (unpaired) electrons. The predicted octanol–water partition coefficient (Wildman–Crippen LogP) is 0.0538. The molecule has 5 nitrogen and oxygen atoms in total. The second-order valence-electron chi connectivity index (χ2n) is 3.49. The molecule has 0 saturated carbocycles. The fraction of sp³-hybridized carbons (Fsp3) is 0.800. The average molecular weight is 216 g/mol. The Balaban J connectivity index is 3.44. The van der Waals surface area contributed by atoms with Gasteiger partial charge in [-0.25, -0.2) is 0 Å². The molecule has 15 heavy (non-hydrogen) atoms. The van der Waals surface area contributed by atoms with Crippen molar-refractivity contribution in [1.82, 2.24) is 10.6 Å². The van der Waals surface area contributed by atoms with E-state index in [2.05, 4.69) is 10.6 Å². The van der Waals surface area contributed by atoms with Crippen LogP contribution in [0.15, 0.2) is 0 Å². The van der Waals surface area contributed by atoms with E-state index >= 15 is 0 Å². The summed E-state index contributed by atoms with van der Waals surface area (Å²) in [6.45, 7) is 4.57. The highest BCUT2D eigenvalue weighted by molar-refractivity contribution is 5.77. The van der Waals surface area contributed by atoms with Gasteiger partial charge in [-0.3, -0.25) is 9.59 Å². The van der Waals surface area contributed by atoms with Gasteiger partial charge in [-0.1, -0.05) is 0 Å². The topological polar surface area (TPSA) is 67.4 Å². The van der Waals surface area contributed by atoms with Crippen molar-refractivity contribution in [3.63, 3.8) is 0 Å². The molecule has 0 atom stereocenters. The summed E-state index contributed by atoms with van der Waals surface area (Å²) in [4.78, 5) is 22.2. The van der Waals surface area contributed by atoms with Gasteiger partial charge in [0.2, 0.25) is 5.91 Å². The monoisotopic (exact) mass is 216 g/mol. The van der Waals surface area contributed by atoms with Crippen molar-refractivity contribution in [2.75, 3.05) is 20.1 Å². The zero-order valence-corrected chi connectivity index (χ0v) is 9.63. The Labute approximate surface area is 90.6 Å². The van der Waals surface area contributed by atoms with E-state index in [-0.39, 0.29) is 24.4 Å². The number of carbonyl (C=O) groups is 2. The average Bonchev–Trinajstić information content (AvgIpc) is 2.13. The summed E-state index contributed by atoms with van der Waals surface area (Å²) in [7, 11) is 1.79. The molecule has 88 valence electrons. The van der Waals surface area contributed by atoms with Gasteiger partial charge < -0.3 is 15.4 Å². The fourth-order valence-electron chi connectivity index (χ4n) is 0.953. The zero-order valence-electron chi connectivity index (χ0n) is 9.63. The molecule has 0 aliphatic carbocycles. The summed E-state index contributed by atoms with van der Waals surface area (Å²) in [5, 5.41) is 5.51. The van der Waals surface area contributed by atoms with Crippen LogP contribution >= 0.6 is 0 Å². The highest BCUT2D eigenvalue weighted by atomic mass is 16.5. The first-order valence-corrected chi connectivity index (χ1v) is 5.17. The summed E-state index contributed by atoms with van der Waals surface area (Å²) < 4.78 is 4.91. The summed E-state index contributed by atoms with van der Waals surface area (Å²) in [5.41, 5.74) is 0. The number of rotatable bonds is 7. The van der Waals surface area contributed by atoms with E-state index in [1.54, 1.807) is 20.9 Å². The van der Waals surface area contributed by atoms with E-state index in [0.29, 0.717) is 19.5 Å². The largest absolute Gasteiger partial charge is 0.463 e. The van der Waals surface area contributed by atoms with Gasteiger partial charge >= 0.3 is 5.97 Å². The summed E-state index contributed by atoms with van der Waals surface area (Å²) in [6.07, 6.45) is 0.552. The number of ether oxygens (including phenoxy) is 1. The third kappa shape index (κ3) is 9.21. The third-order valence-electron chi connectivity index (χ3n) is 1.62. The smallest absolute Gasteiger partial charge is 0.307 e. The van der Waals surface area contributed by atoms with Gasteiger partial charge in [0, 0.05) is 19.5 Å². The van der Waals surface area contributed by atoms with Crippen molar-refractivity contribution in [1.29, 1.82) is 0 Å². The van der Waals surface area contributed by atoms with E-state index in [9.17, 15) is 9.59 Å². The molecule has 0 bridgehead atoms. The van der Waals surface area contributed by atoms with E-state index in [1.165, 1.54) is 0 Å². The molecule has 0 aliphatic heterocycles. The van der Waals surface area contributed by atoms with Gasteiger partial charge in [0.05, 0.1) is 12.5 Å². The minimum atomic E-state index is -0.279. The minimum Gasteiger partial charge on any atom is -0.463 e. The van der Waals surface area contributed by atoms with Crippen LogP contribution in [0, 0.1) is 0 Å². The molecule has 0 heterocycles. The van der Waals surface area contributed by atoms with Crippen molar-refractivity contribution in [3.8, 4) is 0 Å². The van der Waals surface area contributed by atoms with Gasteiger partial charge in [-0.15, -0.1) is 0 Å². The van der Waals surface area contributed by atoms with Gasteiger partial charge in [-0.2, -0.15) is 0 Å². The molecule has 0 saturated heterocycles. The van der Waals surface area contributed by atoms with Crippen LogP contribution in [0.1, 0.15) is 26.7 Å². The number of carbonyl (C=O) groups excluding carboxylic acids is 2. The number of nitrogens with one attached hydrogen (secondary N) is 2. The SMILES string of the molecule is CNCCC(=O)NCCC(=O)OC(C)C. The summed E-state index contributed by atoms with van der Waals surface area (Å²) in [6, 6.07) is 0. The Morgan fingerprint density at radius 1 is 1.20 bits per heavy atom. The molecule has 5 heteroatoms. The van der Waals surface area contributed by atoms with Crippen LogP contribution in [0.4, 0.5) is 0 Å². The maximum atomic E-state index is 11.1. The van der Waals surface area contributed by atoms with Gasteiger partial charge in [-0.05, 0) is 20.9 Å².